The molecule has 2 atom stereocenters. The molecule has 1 saturated heterocycles. The van der Waals surface area contributed by atoms with Crippen LogP contribution in [0.25, 0.3) is 0 Å². The molecule has 130 valence electrons. The average molecular weight is 338 g/mol. The SMILES string of the molecule is CCc1nc(C)c(C(C)N(C)C(=O)CC(C)C2CCNCC2)s1. The van der Waals surface area contributed by atoms with E-state index in [2.05, 4.69) is 38.0 Å². The molecule has 1 aromatic rings. The number of hydrogen-bond acceptors (Lipinski definition) is 4. The van der Waals surface area contributed by atoms with Crippen LogP contribution in [-0.4, -0.2) is 35.9 Å². The predicted molar refractivity (Wildman–Crippen MR) is 96.8 cm³/mol. The highest BCUT2D eigenvalue weighted by Gasteiger charge is 2.26. The van der Waals surface area contributed by atoms with Crippen LogP contribution in [0.1, 0.15) is 61.7 Å². The molecule has 1 aliphatic heterocycles. The van der Waals surface area contributed by atoms with Crippen molar-refractivity contribution in [2.75, 3.05) is 20.1 Å². The van der Waals surface area contributed by atoms with Crippen LogP contribution >= 0.6 is 11.3 Å². The molecule has 2 unspecified atom stereocenters. The minimum absolute atomic E-state index is 0.112. The minimum atomic E-state index is 0.112. The third-order valence-electron chi connectivity index (χ3n) is 5.22. The summed E-state index contributed by atoms with van der Waals surface area (Å²) in [4.78, 5) is 20.4. The Morgan fingerprint density at radius 1 is 1.39 bits per heavy atom. The molecule has 0 aromatic carbocycles. The summed E-state index contributed by atoms with van der Waals surface area (Å²) in [5.74, 6) is 1.41. The number of rotatable bonds is 6. The number of aryl methyl sites for hydroxylation is 2. The Hall–Kier alpha value is -0.940. The molecule has 0 saturated carbocycles. The Labute approximate surface area is 144 Å². The summed E-state index contributed by atoms with van der Waals surface area (Å²) in [5.41, 5.74) is 1.07. The molecule has 2 heterocycles. The fourth-order valence-electron chi connectivity index (χ4n) is 3.40. The van der Waals surface area contributed by atoms with E-state index in [0.29, 0.717) is 18.3 Å². The second-order valence-electron chi connectivity index (χ2n) is 6.86. The number of piperidine rings is 1. The van der Waals surface area contributed by atoms with E-state index in [1.165, 1.54) is 17.7 Å². The molecule has 0 aliphatic carbocycles. The smallest absolute Gasteiger partial charge is 0.223 e. The quantitative estimate of drug-likeness (QED) is 0.863. The molecule has 0 bridgehead atoms. The van der Waals surface area contributed by atoms with Gasteiger partial charge >= 0.3 is 0 Å². The largest absolute Gasteiger partial charge is 0.338 e. The summed E-state index contributed by atoms with van der Waals surface area (Å²) in [6, 6.07) is 0.112. The van der Waals surface area contributed by atoms with Gasteiger partial charge in [-0.15, -0.1) is 11.3 Å². The van der Waals surface area contributed by atoms with Gasteiger partial charge in [0.25, 0.3) is 0 Å². The van der Waals surface area contributed by atoms with Crippen LogP contribution in [0.5, 0.6) is 0 Å². The van der Waals surface area contributed by atoms with Crippen LogP contribution in [0.4, 0.5) is 0 Å². The Morgan fingerprint density at radius 3 is 2.61 bits per heavy atom. The van der Waals surface area contributed by atoms with Gasteiger partial charge in [-0.2, -0.15) is 0 Å². The lowest BCUT2D eigenvalue weighted by molar-refractivity contribution is -0.133. The van der Waals surface area contributed by atoms with Gasteiger partial charge in [0.05, 0.1) is 16.7 Å². The van der Waals surface area contributed by atoms with E-state index >= 15 is 0 Å². The van der Waals surface area contributed by atoms with Crippen molar-refractivity contribution in [3.63, 3.8) is 0 Å². The van der Waals surface area contributed by atoms with Crippen molar-refractivity contribution in [3.8, 4) is 0 Å². The third-order valence-corrected chi connectivity index (χ3v) is 6.69. The second-order valence-corrected chi connectivity index (χ2v) is 7.98. The lowest BCUT2D eigenvalue weighted by Crippen LogP contribution is -2.35. The molecular formula is C18H31N3OS. The molecular weight excluding hydrogens is 306 g/mol. The van der Waals surface area contributed by atoms with Gasteiger partial charge in [0, 0.05) is 18.3 Å². The van der Waals surface area contributed by atoms with E-state index in [1.807, 2.05) is 11.9 Å². The fourth-order valence-corrected chi connectivity index (χ4v) is 4.50. The topological polar surface area (TPSA) is 45.2 Å². The molecule has 2 rings (SSSR count). The molecule has 1 aromatic heterocycles. The Bertz CT molecular complexity index is 522. The maximum atomic E-state index is 12.7. The molecule has 5 heteroatoms. The van der Waals surface area contributed by atoms with E-state index in [0.717, 1.165) is 30.2 Å². The van der Waals surface area contributed by atoms with Crippen LogP contribution in [0.2, 0.25) is 0 Å². The summed E-state index contributed by atoms with van der Waals surface area (Å²) in [6.45, 7) is 10.7. The fraction of sp³-hybridized carbons (Fsp3) is 0.778. The van der Waals surface area contributed by atoms with E-state index in [9.17, 15) is 4.79 Å². The number of carbonyl (C=O) groups excluding carboxylic acids is 1. The zero-order valence-electron chi connectivity index (χ0n) is 15.2. The lowest BCUT2D eigenvalue weighted by Gasteiger charge is -2.30. The molecule has 23 heavy (non-hydrogen) atoms. The van der Waals surface area contributed by atoms with Crippen molar-refractivity contribution >= 4 is 17.2 Å². The first kappa shape index (κ1) is 18.4. The predicted octanol–water partition coefficient (Wildman–Crippen LogP) is 3.56. The lowest BCUT2D eigenvalue weighted by atomic mass is 9.84. The number of amides is 1. The van der Waals surface area contributed by atoms with Gasteiger partial charge in [-0.3, -0.25) is 4.79 Å². The first-order valence-electron chi connectivity index (χ1n) is 8.86. The Balaban J connectivity index is 1.96. The van der Waals surface area contributed by atoms with Crippen LogP contribution in [0, 0.1) is 18.8 Å². The Kier molecular flexibility index (Phi) is 6.60. The molecule has 0 spiro atoms. The Morgan fingerprint density at radius 2 is 2.04 bits per heavy atom. The standard InChI is InChI=1S/C18H31N3OS/c1-6-16-20-13(3)18(23-16)14(4)21(5)17(22)11-12(2)15-7-9-19-10-8-15/h12,14-15,19H,6-11H2,1-5H3. The van der Waals surface area contributed by atoms with E-state index in [1.54, 1.807) is 11.3 Å². The molecule has 4 nitrogen and oxygen atoms in total. The van der Waals surface area contributed by atoms with Crippen LogP contribution in [0.15, 0.2) is 0 Å². The maximum Gasteiger partial charge on any atom is 0.223 e. The highest BCUT2D eigenvalue weighted by molar-refractivity contribution is 7.11. The van der Waals surface area contributed by atoms with Gasteiger partial charge in [-0.25, -0.2) is 4.98 Å². The summed E-state index contributed by atoms with van der Waals surface area (Å²) in [5, 5.41) is 4.56. The van der Waals surface area contributed by atoms with Crippen LogP contribution < -0.4 is 5.32 Å². The zero-order chi connectivity index (χ0) is 17.0. The monoisotopic (exact) mass is 337 g/mol. The third kappa shape index (κ3) is 4.54. The van der Waals surface area contributed by atoms with Crippen molar-refractivity contribution in [2.45, 2.75) is 59.4 Å². The molecule has 1 amide bonds. The van der Waals surface area contributed by atoms with Crippen molar-refractivity contribution in [3.05, 3.63) is 15.6 Å². The number of nitrogens with one attached hydrogen (secondary N) is 1. The van der Waals surface area contributed by atoms with Gasteiger partial charge in [-0.05, 0) is 58.0 Å². The number of nitrogens with zero attached hydrogens (tertiary/aromatic N) is 2. The first-order chi connectivity index (χ1) is 10.9. The summed E-state index contributed by atoms with van der Waals surface area (Å²) in [7, 11) is 1.94. The number of thiazole rings is 1. The van der Waals surface area contributed by atoms with Gasteiger partial charge in [0.15, 0.2) is 0 Å². The molecule has 1 aliphatic rings. The van der Waals surface area contributed by atoms with E-state index in [-0.39, 0.29) is 11.9 Å². The molecule has 0 radical (unpaired) electrons. The van der Waals surface area contributed by atoms with Crippen molar-refractivity contribution in [1.82, 2.24) is 15.2 Å². The normalized spacial score (nSPS) is 18.7. The molecule has 1 fully saturated rings. The van der Waals surface area contributed by atoms with E-state index in [4.69, 9.17) is 0 Å². The number of aromatic nitrogens is 1. The summed E-state index contributed by atoms with van der Waals surface area (Å²) in [6.07, 6.45) is 4.01. The van der Waals surface area contributed by atoms with Gasteiger partial charge in [0.1, 0.15) is 0 Å². The average Bonchev–Trinajstić information content (AvgIpc) is 2.95. The highest BCUT2D eigenvalue weighted by Crippen LogP contribution is 2.31. The molecule has 1 N–H and O–H groups in total. The van der Waals surface area contributed by atoms with Crippen molar-refractivity contribution < 1.29 is 4.79 Å². The second kappa shape index (κ2) is 8.25. The number of carbonyl (C=O) groups is 1. The van der Waals surface area contributed by atoms with Crippen molar-refractivity contribution in [1.29, 1.82) is 0 Å². The summed E-state index contributed by atoms with van der Waals surface area (Å²) >= 11 is 1.75. The minimum Gasteiger partial charge on any atom is -0.338 e. The van der Waals surface area contributed by atoms with Crippen LogP contribution in [-0.2, 0) is 11.2 Å². The van der Waals surface area contributed by atoms with Crippen LogP contribution in [0.3, 0.4) is 0 Å². The van der Waals surface area contributed by atoms with E-state index < -0.39 is 0 Å². The van der Waals surface area contributed by atoms with Gasteiger partial charge < -0.3 is 10.2 Å². The van der Waals surface area contributed by atoms with Crippen molar-refractivity contribution in [2.24, 2.45) is 11.8 Å². The summed E-state index contributed by atoms with van der Waals surface area (Å²) < 4.78 is 0. The van der Waals surface area contributed by atoms with Gasteiger partial charge in [0.2, 0.25) is 5.91 Å². The maximum absolute atomic E-state index is 12.7. The first-order valence-corrected chi connectivity index (χ1v) is 9.68. The van der Waals surface area contributed by atoms with Gasteiger partial charge in [-0.1, -0.05) is 13.8 Å². The zero-order valence-corrected chi connectivity index (χ0v) is 16.0. The highest BCUT2D eigenvalue weighted by atomic mass is 32.1. The number of hydrogen-bond donors (Lipinski definition) is 1.